The number of hydrogen-bond acceptors (Lipinski definition) is 2. The lowest BCUT2D eigenvalue weighted by molar-refractivity contribution is 0.612. The van der Waals surface area contributed by atoms with Crippen molar-refractivity contribution in [3.63, 3.8) is 0 Å². The largest absolute Gasteiger partial charge is 0.362 e. The standard InChI is InChI=1S/C23H23FN2/c1-15-6-8-22(18(4)26-21-9-10-25-17(3)13-21)20(11-15)14-19-7-5-16(2)12-23(19)24/h5-13,25-26H,3-4,14H2,1-2H3. The van der Waals surface area contributed by atoms with E-state index in [9.17, 15) is 4.39 Å². The predicted molar refractivity (Wildman–Crippen MR) is 107 cm³/mol. The Morgan fingerprint density at radius 3 is 2.54 bits per heavy atom. The van der Waals surface area contributed by atoms with Crippen molar-refractivity contribution in [3.05, 3.63) is 113 Å². The van der Waals surface area contributed by atoms with Crippen molar-refractivity contribution in [1.29, 1.82) is 0 Å². The Morgan fingerprint density at radius 2 is 1.81 bits per heavy atom. The molecule has 0 aromatic heterocycles. The highest BCUT2D eigenvalue weighted by molar-refractivity contribution is 5.68. The van der Waals surface area contributed by atoms with Crippen LogP contribution >= 0.6 is 0 Å². The molecule has 1 aliphatic heterocycles. The van der Waals surface area contributed by atoms with Crippen LogP contribution in [0.2, 0.25) is 0 Å². The maximum absolute atomic E-state index is 14.3. The normalized spacial score (nSPS) is 13.2. The molecule has 2 nitrogen and oxygen atoms in total. The molecule has 2 aromatic rings. The van der Waals surface area contributed by atoms with Gasteiger partial charge in [-0.1, -0.05) is 49.1 Å². The lowest BCUT2D eigenvalue weighted by atomic mass is 9.95. The Balaban J connectivity index is 1.89. The maximum Gasteiger partial charge on any atom is 0.126 e. The zero-order valence-electron chi connectivity index (χ0n) is 15.2. The van der Waals surface area contributed by atoms with Gasteiger partial charge in [0.05, 0.1) is 0 Å². The number of halogens is 1. The topological polar surface area (TPSA) is 24.1 Å². The van der Waals surface area contributed by atoms with E-state index in [1.165, 1.54) is 0 Å². The first-order valence-corrected chi connectivity index (χ1v) is 8.57. The first-order chi connectivity index (χ1) is 12.4. The van der Waals surface area contributed by atoms with Gasteiger partial charge in [-0.05, 0) is 48.8 Å². The third-order valence-electron chi connectivity index (χ3n) is 4.33. The summed E-state index contributed by atoms with van der Waals surface area (Å²) in [4.78, 5) is 0. The van der Waals surface area contributed by atoms with E-state index in [1.807, 2.05) is 56.5 Å². The smallest absolute Gasteiger partial charge is 0.126 e. The fourth-order valence-electron chi connectivity index (χ4n) is 3.00. The average Bonchev–Trinajstić information content (AvgIpc) is 2.57. The van der Waals surface area contributed by atoms with Gasteiger partial charge in [0.2, 0.25) is 0 Å². The summed E-state index contributed by atoms with van der Waals surface area (Å²) in [6, 6.07) is 11.5. The van der Waals surface area contributed by atoms with Gasteiger partial charge in [-0.2, -0.15) is 0 Å². The number of aryl methyl sites for hydroxylation is 2. The van der Waals surface area contributed by atoms with E-state index in [0.29, 0.717) is 12.0 Å². The van der Waals surface area contributed by atoms with Crippen molar-refractivity contribution in [2.45, 2.75) is 20.3 Å². The monoisotopic (exact) mass is 346 g/mol. The van der Waals surface area contributed by atoms with Crippen LogP contribution in [0.5, 0.6) is 0 Å². The van der Waals surface area contributed by atoms with Crippen molar-refractivity contribution in [1.82, 2.24) is 10.6 Å². The van der Waals surface area contributed by atoms with Gasteiger partial charge in [0.25, 0.3) is 0 Å². The van der Waals surface area contributed by atoms with Crippen LogP contribution in [0.1, 0.15) is 27.8 Å². The fraction of sp³-hybridized carbons (Fsp3) is 0.130. The molecule has 0 amide bonds. The number of benzene rings is 2. The van der Waals surface area contributed by atoms with Gasteiger partial charge in [0.1, 0.15) is 5.82 Å². The third kappa shape index (κ3) is 4.12. The predicted octanol–water partition coefficient (Wildman–Crippen LogP) is 5.11. The van der Waals surface area contributed by atoms with Gasteiger partial charge in [-0.15, -0.1) is 0 Å². The summed E-state index contributed by atoms with van der Waals surface area (Å²) in [6.07, 6.45) is 6.19. The molecule has 3 rings (SSSR count). The first-order valence-electron chi connectivity index (χ1n) is 8.57. The summed E-state index contributed by atoms with van der Waals surface area (Å²) >= 11 is 0. The summed E-state index contributed by atoms with van der Waals surface area (Å²) in [5, 5.41) is 6.34. The van der Waals surface area contributed by atoms with E-state index < -0.39 is 0 Å². The highest BCUT2D eigenvalue weighted by Crippen LogP contribution is 2.24. The highest BCUT2D eigenvalue weighted by Gasteiger charge is 2.11. The van der Waals surface area contributed by atoms with E-state index >= 15 is 0 Å². The van der Waals surface area contributed by atoms with E-state index in [-0.39, 0.29) is 5.82 Å². The van der Waals surface area contributed by atoms with E-state index in [2.05, 4.69) is 29.9 Å². The van der Waals surface area contributed by atoms with Crippen LogP contribution < -0.4 is 10.6 Å². The van der Waals surface area contributed by atoms with Gasteiger partial charge in [0.15, 0.2) is 0 Å². The van der Waals surface area contributed by atoms with Gasteiger partial charge in [-0.25, -0.2) is 4.39 Å². The first kappa shape index (κ1) is 17.7. The second kappa shape index (κ2) is 7.44. The van der Waals surface area contributed by atoms with Crippen molar-refractivity contribution in [3.8, 4) is 0 Å². The molecule has 0 bridgehead atoms. The molecule has 1 aliphatic rings. The third-order valence-corrected chi connectivity index (χ3v) is 4.33. The Labute approximate surface area is 154 Å². The molecule has 2 aromatic carbocycles. The average molecular weight is 346 g/mol. The van der Waals surface area contributed by atoms with Gasteiger partial charge >= 0.3 is 0 Å². The Bertz CT molecular complexity index is 935. The van der Waals surface area contributed by atoms with Crippen molar-refractivity contribution >= 4 is 5.70 Å². The summed E-state index contributed by atoms with van der Waals surface area (Å²) in [6.45, 7) is 12.0. The minimum Gasteiger partial charge on any atom is -0.362 e. The summed E-state index contributed by atoms with van der Waals surface area (Å²) in [5.74, 6) is -0.170. The minimum atomic E-state index is -0.170. The number of nitrogens with one attached hydrogen (secondary N) is 2. The molecule has 26 heavy (non-hydrogen) atoms. The molecular weight excluding hydrogens is 323 g/mol. The summed E-state index contributed by atoms with van der Waals surface area (Å²) in [7, 11) is 0. The van der Waals surface area contributed by atoms with Crippen LogP contribution in [0.3, 0.4) is 0 Å². The number of allylic oxidation sites excluding steroid dienone is 2. The van der Waals surface area contributed by atoms with Gasteiger partial charge in [-0.3, -0.25) is 0 Å². The highest BCUT2D eigenvalue weighted by atomic mass is 19.1. The van der Waals surface area contributed by atoms with Crippen LogP contribution in [0.4, 0.5) is 4.39 Å². The Hall–Kier alpha value is -3.07. The van der Waals surface area contributed by atoms with Crippen LogP contribution in [-0.4, -0.2) is 0 Å². The van der Waals surface area contributed by atoms with Gasteiger partial charge in [0, 0.05) is 35.3 Å². The molecule has 0 radical (unpaired) electrons. The van der Waals surface area contributed by atoms with Gasteiger partial charge < -0.3 is 10.6 Å². The lowest BCUT2D eigenvalue weighted by Gasteiger charge is -2.18. The summed E-state index contributed by atoms with van der Waals surface area (Å²) in [5.41, 5.74) is 7.27. The number of hydrogen-bond donors (Lipinski definition) is 2. The SMILES string of the molecule is C=C1C=C(NC(=C)c2ccc(C)cc2Cc2ccc(C)cc2F)C=CN1. The van der Waals surface area contributed by atoms with Crippen LogP contribution in [0, 0.1) is 19.7 Å². The molecule has 0 spiro atoms. The molecule has 0 atom stereocenters. The number of dihydropyridines is 1. The zero-order chi connectivity index (χ0) is 18.7. The van der Waals surface area contributed by atoms with E-state index in [4.69, 9.17) is 0 Å². The van der Waals surface area contributed by atoms with Crippen LogP contribution in [0.15, 0.2) is 79.3 Å². The van der Waals surface area contributed by atoms with Crippen LogP contribution in [-0.2, 0) is 6.42 Å². The van der Waals surface area contributed by atoms with E-state index in [0.717, 1.165) is 39.3 Å². The molecule has 3 heteroatoms. The molecule has 0 fully saturated rings. The lowest BCUT2D eigenvalue weighted by Crippen LogP contribution is -2.16. The molecule has 0 saturated heterocycles. The summed E-state index contributed by atoms with van der Waals surface area (Å²) < 4.78 is 14.3. The second-order valence-corrected chi connectivity index (χ2v) is 6.64. The number of rotatable bonds is 5. The quantitative estimate of drug-likeness (QED) is 0.786. The molecular formula is C23H23FN2. The minimum absolute atomic E-state index is 0.170. The molecule has 0 saturated carbocycles. The zero-order valence-corrected chi connectivity index (χ0v) is 15.2. The molecule has 0 aliphatic carbocycles. The van der Waals surface area contributed by atoms with Crippen LogP contribution in [0.25, 0.3) is 5.70 Å². The van der Waals surface area contributed by atoms with Crippen molar-refractivity contribution in [2.24, 2.45) is 0 Å². The Morgan fingerprint density at radius 1 is 1.08 bits per heavy atom. The molecule has 0 unspecified atom stereocenters. The fourth-order valence-corrected chi connectivity index (χ4v) is 3.00. The van der Waals surface area contributed by atoms with Crippen molar-refractivity contribution < 1.29 is 4.39 Å². The molecule has 1 heterocycles. The maximum atomic E-state index is 14.3. The molecule has 132 valence electrons. The van der Waals surface area contributed by atoms with Crippen molar-refractivity contribution in [2.75, 3.05) is 0 Å². The molecule has 2 N–H and O–H groups in total. The second-order valence-electron chi connectivity index (χ2n) is 6.64. The van der Waals surface area contributed by atoms with E-state index in [1.54, 1.807) is 6.07 Å². The Kier molecular flexibility index (Phi) is 5.08.